The van der Waals surface area contributed by atoms with Crippen LogP contribution in [0.5, 0.6) is 0 Å². The lowest BCUT2D eigenvalue weighted by atomic mass is 10.0. The summed E-state index contributed by atoms with van der Waals surface area (Å²) in [4.78, 5) is 13.4. The Morgan fingerprint density at radius 3 is 2.73 bits per heavy atom. The van der Waals surface area contributed by atoms with Crippen molar-refractivity contribution in [2.45, 2.75) is 19.6 Å². The molecule has 2 heterocycles. The summed E-state index contributed by atoms with van der Waals surface area (Å²) >= 11 is 0. The Labute approximate surface area is 128 Å². The van der Waals surface area contributed by atoms with E-state index in [1.54, 1.807) is 0 Å². The minimum atomic E-state index is -0.00848. The van der Waals surface area contributed by atoms with Crippen molar-refractivity contribution < 1.29 is 4.90 Å². The maximum atomic E-state index is 11.9. The number of fused-ring (bicyclic) bond motifs is 2. The zero-order valence-corrected chi connectivity index (χ0v) is 12.3. The second kappa shape index (κ2) is 5.39. The molecule has 1 aromatic heterocycles. The number of para-hydroxylation sites is 1. The van der Waals surface area contributed by atoms with E-state index >= 15 is 0 Å². The third kappa shape index (κ3) is 2.31. The topological polar surface area (TPSA) is 39.3 Å². The molecule has 4 nitrogen and oxygen atoms in total. The number of nitrogens with zero attached hydrogens (tertiary/aromatic N) is 2. The third-order valence-corrected chi connectivity index (χ3v) is 4.44. The summed E-state index contributed by atoms with van der Waals surface area (Å²) < 4.78 is 1.96. The molecular weight excluding hydrogens is 274 g/mol. The van der Waals surface area contributed by atoms with Crippen LogP contribution in [-0.2, 0) is 19.6 Å². The number of hydrogen-bond acceptors (Lipinski definition) is 2. The van der Waals surface area contributed by atoms with Crippen molar-refractivity contribution in [1.29, 1.82) is 0 Å². The fraction of sp³-hybridized carbons (Fsp3) is 0.222. The molecular formula is C18H18N3O+. The van der Waals surface area contributed by atoms with Crippen molar-refractivity contribution >= 4 is 10.9 Å². The van der Waals surface area contributed by atoms with E-state index in [0.717, 1.165) is 37.1 Å². The molecule has 4 heteroatoms. The van der Waals surface area contributed by atoms with Gasteiger partial charge >= 0.3 is 0 Å². The van der Waals surface area contributed by atoms with Crippen LogP contribution in [0.3, 0.4) is 0 Å². The van der Waals surface area contributed by atoms with Gasteiger partial charge in [0.2, 0.25) is 5.43 Å². The second-order valence-electron chi connectivity index (χ2n) is 5.88. The first-order valence-corrected chi connectivity index (χ1v) is 7.66. The van der Waals surface area contributed by atoms with Crippen LogP contribution in [0.25, 0.3) is 10.9 Å². The first kappa shape index (κ1) is 13.2. The summed E-state index contributed by atoms with van der Waals surface area (Å²) in [6.45, 7) is 2.90. The summed E-state index contributed by atoms with van der Waals surface area (Å²) in [5.41, 5.74) is 3.80. The molecule has 4 rings (SSSR count). The van der Waals surface area contributed by atoms with E-state index in [1.807, 2.05) is 28.9 Å². The molecule has 0 radical (unpaired) electrons. The van der Waals surface area contributed by atoms with Gasteiger partial charge in [0.15, 0.2) is 6.67 Å². The molecule has 0 aliphatic carbocycles. The van der Waals surface area contributed by atoms with Crippen molar-refractivity contribution in [1.82, 2.24) is 9.78 Å². The summed E-state index contributed by atoms with van der Waals surface area (Å²) in [5, 5.41) is 5.08. The number of aromatic nitrogens is 2. The molecule has 1 unspecified atom stereocenters. The number of nitrogens with one attached hydrogen (secondary N) is 1. The van der Waals surface area contributed by atoms with Gasteiger partial charge in [0.25, 0.3) is 0 Å². The quantitative estimate of drug-likeness (QED) is 0.765. The highest BCUT2D eigenvalue weighted by atomic mass is 16.1. The molecule has 3 aromatic rings. The van der Waals surface area contributed by atoms with E-state index in [4.69, 9.17) is 0 Å². The first-order valence-electron chi connectivity index (χ1n) is 7.66. The molecule has 1 aliphatic heterocycles. The number of benzene rings is 2. The average Bonchev–Trinajstić information content (AvgIpc) is 2.58. The van der Waals surface area contributed by atoms with Crippen molar-refractivity contribution in [3.8, 4) is 0 Å². The molecule has 0 bridgehead atoms. The number of hydrogen-bond donors (Lipinski definition) is 1. The maximum absolute atomic E-state index is 11.9. The van der Waals surface area contributed by atoms with Crippen LogP contribution >= 0.6 is 0 Å². The van der Waals surface area contributed by atoms with Crippen LogP contribution in [0.2, 0.25) is 0 Å². The van der Waals surface area contributed by atoms with Gasteiger partial charge in [0, 0.05) is 17.4 Å². The number of quaternary nitrogens is 1. The Hall–Kier alpha value is -2.46. The van der Waals surface area contributed by atoms with E-state index in [1.165, 1.54) is 22.2 Å². The Balaban J connectivity index is 1.65. The summed E-state index contributed by atoms with van der Waals surface area (Å²) in [7, 11) is 0. The van der Waals surface area contributed by atoms with Crippen LogP contribution < -0.4 is 10.3 Å². The van der Waals surface area contributed by atoms with E-state index in [2.05, 4.69) is 29.4 Å². The fourth-order valence-corrected chi connectivity index (χ4v) is 3.28. The molecule has 110 valence electrons. The van der Waals surface area contributed by atoms with Gasteiger partial charge in [-0.1, -0.05) is 36.4 Å². The van der Waals surface area contributed by atoms with Crippen LogP contribution in [0.4, 0.5) is 0 Å². The molecule has 0 spiro atoms. The Kier molecular flexibility index (Phi) is 3.24. The third-order valence-electron chi connectivity index (χ3n) is 4.44. The van der Waals surface area contributed by atoms with Gasteiger partial charge in [0.05, 0.1) is 18.3 Å². The van der Waals surface area contributed by atoms with Gasteiger partial charge in [-0.15, -0.1) is 0 Å². The first-order chi connectivity index (χ1) is 10.8. The lowest BCUT2D eigenvalue weighted by molar-refractivity contribution is -0.938. The van der Waals surface area contributed by atoms with Gasteiger partial charge in [-0.3, -0.25) is 4.79 Å². The smallest absolute Gasteiger partial charge is 0.207 e. The predicted octanol–water partition coefficient (Wildman–Crippen LogP) is 0.995. The van der Waals surface area contributed by atoms with Crippen LogP contribution in [0.15, 0.2) is 59.5 Å². The van der Waals surface area contributed by atoms with E-state index in [0.29, 0.717) is 0 Å². The molecule has 0 fully saturated rings. The summed E-state index contributed by atoms with van der Waals surface area (Å²) in [5.74, 6) is 0. The van der Waals surface area contributed by atoms with Gasteiger partial charge in [-0.25, -0.2) is 4.68 Å². The largest absolute Gasteiger partial charge is 0.312 e. The van der Waals surface area contributed by atoms with Gasteiger partial charge in [-0.05, 0) is 17.7 Å². The van der Waals surface area contributed by atoms with Crippen molar-refractivity contribution in [2.75, 3.05) is 6.54 Å². The van der Waals surface area contributed by atoms with E-state index < -0.39 is 0 Å². The minimum absolute atomic E-state index is 0.00848. The molecule has 0 amide bonds. The molecule has 1 atom stereocenters. The van der Waals surface area contributed by atoms with Crippen LogP contribution in [-0.4, -0.2) is 16.3 Å². The maximum Gasteiger partial charge on any atom is 0.207 e. The van der Waals surface area contributed by atoms with Crippen molar-refractivity contribution in [3.05, 3.63) is 76.1 Å². The molecule has 2 aromatic carbocycles. The lowest BCUT2D eigenvalue weighted by Gasteiger charge is -2.26. The molecule has 0 saturated heterocycles. The van der Waals surface area contributed by atoms with Crippen LogP contribution in [0, 0.1) is 0 Å². The van der Waals surface area contributed by atoms with Crippen molar-refractivity contribution in [2.24, 2.45) is 0 Å². The van der Waals surface area contributed by atoms with E-state index in [9.17, 15) is 4.79 Å². The molecule has 22 heavy (non-hydrogen) atoms. The highest BCUT2D eigenvalue weighted by Gasteiger charge is 2.19. The molecule has 0 saturated carbocycles. The average molecular weight is 292 g/mol. The van der Waals surface area contributed by atoms with Gasteiger partial charge < -0.3 is 4.90 Å². The fourth-order valence-electron chi connectivity index (χ4n) is 3.28. The highest BCUT2D eigenvalue weighted by molar-refractivity contribution is 5.77. The predicted molar refractivity (Wildman–Crippen MR) is 85.7 cm³/mol. The zero-order valence-electron chi connectivity index (χ0n) is 12.3. The Morgan fingerprint density at radius 2 is 1.82 bits per heavy atom. The SMILES string of the molecule is O=c1cnn(C[NH+]2CCc3ccccc3C2)c2ccccc12. The number of rotatable bonds is 2. The van der Waals surface area contributed by atoms with Gasteiger partial charge in [-0.2, -0.15) is 5.10 Å². The van der Waals surface area contributed by atoms with Crippen molar-refractivity contribution in [3.63, 3.8) is 0 Å². The van der Waals surface area contributed by atoms with E-state index in [-0.39, 0.29) is 5.43 Å². The summed E-state index contributed by atoms with van der Waals surface area (Å²) in [6.07, 6.45) is 2.53. The second-order valence-corrected chi connectivity index (χ2v) is 5.88. The lowest BCUT2D eigenvalue weighted by Crippen LogP contribution is -3.11. The zero-order chi connectivity index (χ0) is 14.9. The highest BCUT2D eigenvalue weighted by Crippen LogP contribution is 2.11. The monoisotopic (exact) mass is 292 g/mol. The van der Waals surface area contributed by atoms with Crippen LogP contribution in [0.1, 0.15) is 11.1 Å². The standard InChI is InChI=1S/C18H17N3O/c22-18-11-19-21(17-8-4-3-7-16(17)18)13-20-10-9-14-5-1-2-6-15(14)12-20/h1-8,11H,9-10,12-13H2/p+1. The normalized spacial score (nSPS) is 17.4. The molecule has 1 N–H and O–H groups in total. The molecule has 1 aliphatic rings. The Morgan fingerprint density at radius 1 is 1.05 bits per heavy atom. The minimum Gasteiger partial charge on any atom is -0.312 e. The summed E-state index contributed by atoms with van der Waals surface area (Å²) in [6, 6.07) is 16.4. The van der Waals surface area contributed by atoms with Gasteiger partial charge in [0.1, 0.15) is 6.54 Å². The Bertz CT molecular complexity index is 885.